The third-order valence-corrected chi connectivity index (χ3v) is 2.13. The summed E-state index contributed by atoms with van der Waals surface area (Å²) < 4.78 is 6.35. The fourth-order valence-corrected chi connectivity index (χ4v) is 1.32. The quantitative estimate of drug-likeness (QED) is 0.723. The van der Waals surface area contributed by atoms with Gasteiger partial charge in [-0.25, -0.2) is 4.79 Å². The van der Waals surface area contributed by atoms with Crippen molar-refractivity contribution in [2.75, 3.05) is 7.11 Å². The number of esters is 1. The van der Waals surface area contributed by atoms with E-state index >= 15 is 0 Å². The highest BCUT2D eigenvalue weighted by atomic mass is 16.5. The molecule has 2 rings (SSSR count). The lowest BCUT2D eigenvalue weighted by atomic mass is 10.2. The average molecular weight is 217 g/mol. The van der Waals surface area contributed by atoms with Gasteiger partial charge in [-0.2, -0.15) is 5.10 Å². The van der Waals surface area contributed by atoms with E-state index in [0.717, 1.165) is 5.69 Å². The molecule has 5 heteroatoms. The van der Waals surface area contributed by atoms with Gasteiger partial charge < -0.3 is 4.74 Å². The first kappa shape index (κ1) is 10.4. The number of pyridine rings is 1. The molecule has 5 nitrogen and oxygen atoms in total. The number of hydrogen-bond donors (Lipinski definition) is 0. The van der Waals surface area contributed by atoms with Gasteiger partial charge in [-0.1, -0.05) is 0 Å². The summed E-state index contributed by atoms with van der Waals surface area (Å²) in [7, 11) is 1.35. The second kappa shape index (κ2) is 4.57. The zero-order chi connectivity index (χ0) is 11.4. The first-order valence-corrected chi connectivity index (χ1v) is 4.80. The number of rotatable bonds is 3. The number of aromatic nitrogens is 3. The fraction of sp³-hybridized carbons (Fsp3) is 0.182. The van der Waals surface area contributed by atoms with E-state index < -0.39 is 0 Å². The summed E-state index contributed by atoms with van der Waals surface area (Å²) >= 11 is 0. The number of hydrogen-bond acceptors (Lipinski definition) is 4. The van der Waals surface area contributed by atoms with Gasteiger partial charge in [-0.3, -0.25) is 9.67 Å². The van der Waals surface area contributed by atoms with Gasteiger partial charge in [-0.05, 0) is 18.2 Å². The normalized spacial score (nSPS) is 10.1. The van der Waals surface area contributed by atoms with Crippen molar-refractivity contribution in [2.45, 2.75) is 6.54 Å². The second-order valence-electron chi connectivity index (χ2n) is 3.23. The molecule has 0 saturated carbocycles. The number of nitrogens with zero attached hydrogens (tertiary/aromatic N) is 3. The molecule has 0 aromatic carbocycles. The molecule has 0 amide bonds. The third-order valence-electron chi connectivity index (χ3n) is 2.13. The predicted octanol–water partition coefficient (Wildman–Crippen LogP) is 1.11. The first-order chi connectivity index (χ1) is 7.79. The summed E-state index contributed by atoms with van der Waals surface area (Å²) in [5, 5.41) is 4.07. The molecule has 0 aliphatic carbocycles. The molecule has 2 aromatic heterocycles. The number of methoxy groups -OCH3 is 1. The van der Waals surface area contributed by atoms with Crippen molar-refractivity contribution in [2.24, 2.45) is 0 Å². The van der Waals surface area contributed by atoms with E-state index in [4.69, 9.17) is 0 Å². The van der Waals surface area contributed by atoms with Crippen LogP contribution in [0.2, 0.25) is 0 Å². The summed E-state index contributed by atoms with van der Waals surface area (Å²) in [4.78, 5) is 15.3. The Labute approximate surface area is 92.7 Å². The van der Waals surface area contributed by atoms with E-state index in [1.165, 1.54) is 13.3 Å². The van der Waals surface area contributed by atoms with E-state index in [1.54, 1.807) is 23.0 Å². The maximum atomic E-state index is 11.2. The van der Waals surface area contributed by atoms with Crippen LogP contribution in [0.4, 0.5) is 0 Å². The molecule has 0 radical (unpaired) electrons. The van der Waals surface area contributed by atoms with Gasteiger partial charge in [0, 0.05) is 18.6 Å². The summed E-state index contributed by atoms with van der Waals surface area (Å²) in [6.07, 6.45) is 5.07. The monoisotopic (exact) mass is 217 g/mol. The first-order valence-electron chi connectivity index (χ1n) is 4.80. The molecule has 16 heavy (non-hydrogen) atoms. The van der Waals surface area contributed by atoms with E-state index in [2.05, 4.69) is 14.8 Å². The summed E-state index contributed by atoms with van der Waals surface area (Å²) in [5.74, 6) is -0.377. The molecule has 0 N–H and O–H groups in total. The van der Waals surface area contributed by atoms with Gasteiger partial charge >= 0.3 is 5.97 Å². The maximum absolute atomic E-state index is 11.2. The zero-order valence-electron chi connectivity index (χ0n) is 8.83. The number of carbonyl (C=O) groups excluding carboxylic acids is 1. The highest BCUT2D eigenvalue weighted by Gasteiger charge is 2.05. The van der Waals surface area contributed by atoms with Crippen LogP contribution >= 0.6 is 0 Å². The molecule has 0 spiro atoms. The van der Waals surface area contributed by atoms with Crippen molar-refractivity contribution in [1.29, 1.82) is 0 Å². The topological polar surface area (TPSA) is 57.0 Å². The van der Waals surface area contributed by atoms with Crippen LogP contribution in [0.25, 0.3) is 0 Å². The van der Waals surface area contributed by atoms with Crippen molar-refractivity contribution in [3.8, 4) is 0 Å². The van der Waals surface area contributed by atoms with Gasteiger partial charge in [0.15, 0.2) is 0 Å². The minimum atomic E-state index is -0.377. The Morgan fingerprint density at radius 1 is 1.50 bits per heavy atom. The van der Waals surface area contributed by atoms with Crippen LogP contribution in [0.15, 0.2) is 36.8 Å². The Morgan fingerprint density at radius 3 is 2.94 bits per heavy atom. The highest BCUT2D eigenvalue weighted by Crippen LogP contribution is 2.03. The van der Waals surface area contributed by atoms with Crippen LogP contribution < -0.4 is 0 Å². The molecule has 0 atom stereocenters. The van der Waals surface area contributed by atoms with Crippen LogP contribution in [0.5, 0.6) is 0 Å². The Kier molecular flexibility index (Phi) is 2.95. The van der Waals surface area contributed by atoms with Crippen LogP contribution in [-0.2, 0) is 11.3 Å². The smallest absolute Gasteiger partial charge is 0.339 e. The summed E-state index contributed by atoms with van der Waals surface area (Å²) in [6, 6.07) is 5.33. The predicted molar refractivity (Wildman–Crippen MR) is 56.9 cm³/mol. The van der Waals surface area contributed by atoms with Gasteiger partial charge in [0.1, 0.15) is 0 Å². The van der Waals surface area contributed by atoms with Crippen molar-refractivity contribution < 1.29 is 9.53 Å². The fourth-order valence-electron chi connectivity index (χ4n) is 1.32. The molecule has 0 bridgehead atoms. The molecule has 2 aromatic rings. The molecule has 0 fully saturated rings. The van der Waals surface area contributed by atoms with Crippen molar-refractivity contribution in [3.05, 3.63) is 48.0 Å². The van der Waals surface area contributed by atoms with Crippen LogP contribution in [0.3, 0.4) is 0 Å². The van der Waals surface area contributed by atoms with E-state index in [9.17, 15) is 4.79 Å². The highest BCUT2D eigenvalue weighted by molar-refractivity contribution is 5.88. The lowest BCUT2D eigenvalue weighted by Crippen LogP contribution is -2.05. The van der Waals surface area contributed by atoms with Gasteiger partial charge in [0.25, 0.3) is 0 Å². The zero-order valence-corrected chi connectivity index (χ0v) is 8.83. The molecule has 2 heterocycles. The van der Waals surface area contributed by atoms with E-state index in [0.29, 0.717) is 12.1 Å². The van der Waals surface area contributed by atoms with Crippen molar-refractivity contribution in [3.63, 3.8) is 0 Å². The molecule has 0 aliphatic heterocycles. The number of carbonyl (C=O) groups is 1. The van der Waals surface area contributed by atoms with E-state index in [-0.39, 0.29) is 5.97 Å². The lowest BCUT2D eigenvalue weighted by Gasteiger charge is -2.02. The van der Waals surface area contributed by atoms with Gasteiger partial charge in [0.05, 0.1) is 24.9 Å². The van der Waals surface area contributed by atoms with Crippen molar-refractivity contribution >= 4 is 5.97 Å². The minimum absolute atomic E-state index is 0.377. The Morgan fingerprint density at radius 2 is 2.38 bits per heavy atom. The Hall–Kier alpha value is -2.17. The number of ether oxygens (including phenoxy) is 1. The SMILES string of the molecule is COC(=O)c1ccc(Cn2cccn2)nc1. The Balaban J connectivity index is 2.10. The van der Waals surface area contributed by atoms with Crippen LogP contribution in [0, 0.1) is 0 Å². The largest absolute Gasteiger partial charge is 0.465 e. The minimum Gasteiger partial charge on any atom is -0.465 e. The molecular weight excluding hydrogens is 206 g/mol. The summed E-state index contributed by atoms with van der Waals surface area (Å²) in [6.45, 7) is 0.592. The second-order valence-corrected chi connectivity index (χ2v) is 3.23. The molecule has 0 aliphatic rings. The maximum Gasteiger partial charge on any atom is 0.339 e. The average Bonchev–Trinajstić information content (AvgIpc) is 2.82. The summed E-state index contributed by atoms with van der Waals surface area (Å²) in [5.41, 5.74) is 1.29. The molecule has 0 unspecified atom stereocenters. The van der Waals surface area contributed by atoms with Gasteiger partial charge in [-0.15, -0.1) is 0 Å². The van der Waals surface area contributed by atoms with Crippen LogP contribution in [0.1, 0.15) is 16.1 Å². The molecular formula is C11H11N3O2. The van der Waals surface area contributed by atoms with Gasteiger partial charge in [0.2, 0.25) is 0 Å². The Bertz CT molecular complexity index is 462. The molecule has 82 valence electrons. The van der Waals surface area contributed by atoms with E-state index in [1.807, 2.05) is 12.3 Å². The van der Waals surface area contributed by atoms with Crippen LogP contribution in [-0.4, -0.2) is 27.8 Å². The van der Waals surface area contributed by atoms with Crippen molar-refractivity contribution in [1.82, 2.24) is 14.8 Å². The molecule has 0 saturated heterocycles. The third kappa shape index (κ3) is 2.25. The lowest BCUT2D eigenvalue weighted by molar-refractivity contribution is 0.0600. The standard InChI is InChI=1S/C11H11N3O2/c1-16-11(15)9-3-4-10(12-7-9)8-14-6-2-5-13-14/h2-7H,8H2,1H3.